The summed E-state index contributed by atoms with van der Waals surface area (Å²) in [5.41, 5.74) is -0.325. The van der Waals surface area contributed by atoms with E-state index in [0.29, 0.717) is 5.88 Å². The molecule has 0 aromatic carbocycles. The van der Waals surface area contributed by atoms with Crippen molar-refractivity contribution < 1.29 is 14.6 Å². The van der Waals surface area contributed by atoms with Crippen LogP contribution >= 0.6 is 0 Å². The predicted molar refractivity (Wildman–Crippen MR) is 90.4 cm³/mol. The highest BCUT2D eigenvalue weighted by Crippen LogP contribution is 2.20. The summed E-state index contributed by atoms with van der Waals surface area (Å²) in [4.78, 5) is 15.8. The van der Waals surface area contributed by atoms with Crippen molar-refractivity contribution in [3.8, 4) is 0 Å². The van der Waals surface area contributed by atoms with Gasteiger partial charge in [0.1, 0.15) is 5.60 Å². The van der Waals surface area contributed by atoms with Gasteiger partial charge in [0.2, 0.25) is 5.91 Å². The zero-order valence-corrected chi connectivity index (χ0v) is 15.5. The van der Waals surface area contributed by atoms with Crippen LogP contribution in [0.4, 0.5) is 0 Å². The van der Waals surface area contributed by atoms with Gasteiger partial charge in [0, 0.05) is 26.6 Å². The van der Waals surface area contributed by atoms with Gasteiger partial charge in [0.15, 0.2) is 5.88 Å². The van der Waals surface area contributed by atoms with Gasteiger partial charge in [-0.05, 0) is 47.1 Å². The second-order valence-electron chi connectivity index (χ2n) is 6.91. The monoisotopic (exact) mass is 314 g/mol. The van der Waals surface area contributed by atoms with Crippen LogP contribution in [-0.4, -0.2) is 59.2 Å². The quantitative estimate of drug-likeness (QED) is 0.700. The topological polar surface area (TPSA) is 53.0 Å². The third-order valence-electron chi connectivity index (χ3n) is 3.47. The van der Waals surface area contributed by atoms with E-state index in [-0.39, 0.29) is 36.6 Å². The zero-order valence-electron chi connectivity index (χ0n) is 15.5. The summed E-state index contributed by atoms with van der Waals surface area (Å²) in [6.45, 7) is 11.8. The average molecular weight is 314 g/mol. The standard InChI is InChI=1S/C17H34N2O3/c1-9-10-16(22-17(4,5)6)19(8)14(12-20)11-15(21)18(7)13(2)3/h10,13-14,20H,9,11-12H2,1-8H3/b16-10-. The summed E-state index contributed by atoms with van der Waals surface area (Å²) >= 11 is 0. The van der Waals surface area contributed by atoms with Crippen LogP contribution in [0.15, 0.2) is 12.0 Å². The van der Waals surface area contributed by atoms with Crippen LogP contribution in [0.3, 0.4) is 0 Å². The van der Waals surface area contributed by atoms with Crippen LogP contribution in [0.1, 0.15) is 54.4 Å². The number of aliphatic hydroxyl groups excluding tert-OH is 1. The molecule has 0 rings (SSSR count). The first-order valence-corrected chi connectivity index (χ1v) is 8.02. The Morgan fingerprint density at radius 3 is 2.14 bits per heavy atom. The lowest BCUT2D eigenvalue weighted by molar-refractivity contribution is -0.133. The first-order valence-electron chi connectivity index (χ1n) is 8.02. The first kappa shape index (κ1) is 20.8. The van der Waals surface area contributed by atoms with Gasteiger partial charge in [-0.1, -0.05) is 6.92 Å². The molecule has 0 radical (unpaired) electrons. The summed E-state index contributed by atoms with van der Waals surface area (Å²) in [7, 11) is 3.65. The number of nitrogens with zero attached hydrogens (tertiary/aromatic N) is 2. The molecule has 0 fully saturated rings. The molecule has 0 aliphatic carbocycles. The number of allylic oxidation sites excluding steroid dienone is 1. The van der Waals surface area contributed by atoms with Gasteiger partial charge in [-0.15, -0.1) is 0 Å². The van der Waals surface area contributed by atoms with Crippen molar-refractivity contribution in [2.45, 2.75) is 72.1 Å². The summed E-state index contributed by atoms with van der Waals surface area (Å²) in [6, 6.07) is -0.150. The number of carbonyl (C=O) groups excluding carboxylic acids is 1. The molecule has 0 aromatic rings. The average Bonchev–Trinajstić information content (AvgIpc) is 2.40. The smallest absolute Gasteiger partial charge is 0.224 e. The Kier molecular flexibility index (Phi) is 8.53. The maximum atomic E-state index is 12.3. The molecule has 5 nitrogen and oxygen atoms in total. The third kappa shape index (κ3) is 7.16. The van der Waals surface area contributed by atoms with Gasteiger partial charge in [-0.2, -0.15) is 0 Å². The minimum absolute atomic E-state index is 0.0208. The molecule has 0 aliphatic rings. The van der Waals surface area contributed by atoms with Crippen LogP contribution < -0.4 is 0 Å². The van der Waals surface area contributed by atoms with Crippen LogP contribution in [0.5, 0.6) is 0 Å². The van der Waals surface area contributed by atoms with E-state index >= 15 is 0 Å². The van der Waals surface area contributed by atoms with Crippen molar-refractivity contribution in [2.75, 3.05) is 20.7 Å². The fourth-order valence-electron chi connectivity index (χ4n) is 1.88. The van der Waals surface area contributed by atoms with E-state index in [1.807, 2.05) is 59.6 Å². The number of likely N-dealkylation sites (N-methyl/N-ethyl adjacent to an activating group) is 1. The van der Waals surface area contributed by atoms with Crippen molar-refractivity contribution in [1.29, 1.82) is 0 Å². The number of hydrogen-bond donors (Lipinski definition) is 1. The highest BCUT2D eigenvalue weighted by Gasteiger charge is 2.25. The lowest BCUT2D eigenvalue weighted by atomic mass is 10.1. The maximum Gasteiger partial charge on any atom is 0.224 e. The molecule has 0 spiro atoms. The first-order chi connectivity index (χ1) is 10.0. The Morgan fingerprint density at radius 2 is 1.77 bits per heavy atom. The summed E-state index contributed by atoms with van der Waals surface area (Å²) in [6.07, 6.45) is 3.06. The second-order valence-corrected chi connectivity index (χ2v) is 6.91. The van der Waals surface area contributed by atoms with Crippen LogP contribution in [0.25, 0.3) is 0 Å². The molecular formula is C17H34N2O3. The van der Waals surface area contributed by atoms with Gasteiger partial charge in [-0.25, -0.2) is 0 Å². The summed E-state index contributed by atoms with van der Waals surface area (Å²) in [5, 5.41) is 9.69. The molecule has 0 bridgehead atoms. The third-order valence-corrected chi connectivity index (χ3v) is 3.47. The van der Waals surface area contributed by atoms with Crippen molar-refractivity contribution >= 4 is 5.91 Å². The summed E-state index contributed by atoms with van der Waals surface area (Å²) in [5.74, 6) is 0.724. The zero-order chi connectivity index (χ0) is 17.5. The largest absolute Gasteiger partial charge is 0.474 e. The fourth-order valence-corrected chi connectivity index (χ4v) is 1.88. The fraction of sp³-hybridized carbons (Fsp3) is 0.824. The highest BCUT2D eigenvalue weighted by molar-refractivity contribution is 5.76. The number of rotatable bonds is 8. The van der Waals surface area contributed by atoms with Crippen molar-refractivity contribution in [3.05, 3.63) is 12.0 Å². The Morgan fingerprint density at radius 1 is 1.23 bits per heavy atom. The molecule has 1 amide bonds. The molecule has 0 aliphatic heterocycles. The number of ether oxygens (including phenoxy) is 1. The number of amides is 1. The normalized spacial score (nSPS) is 14.0. The Hall–Kier alpha value is -1.23. The van der Waals surface area contributed by atoms with Crippen LogP contribution in [0.2, 0.25) is 0 Å². The molecular weight excluding hydrogens is 280 g/mol. The second kappa shape index (κ2) is 9.03. The van der Waals surface area contributed by atoms with Gasteiger partial charge < -0.3 is 19.6 Å². The molecule has 1 N–H and O–H groups in total. The predicted octanol–water partition coefficient (Wildman–Crippen LogP) is 2.60. The van der Waals surface area contributed by atoms with E-state index in [2.05, 4.69) is 0 Å². The van der Waals surface area contributed by atoms with E-state index in [1.54, 1.807) is 11.9 Å². The van der Waals surface area contributed by atoms with Crippen LogP contribution in [0, 0.1) is 0 Å². The van der Waals surface area contributed by atoms with E-state index in [9.17, 15) is 9.90 Å². The van der Waals surface area contributed by atoms with Crippen molar-refractivity contribution in [1.82, 2.24) is 9.80 Å². The van der Waals surface area contributed by atoms with Crippen molar-refractivity contribution in [3.63, 3.8) is 0 Å². The van der Waals surface area contributed by atoms with Gasteiger partial charge in [-0.3, -0.25) is 4.79 Å². The Bertz CT molecular complexity index is 373. The van der Waals surface area contributed by atoms with Gasteiger partial charge in [0.05, 0.1) is 12.6 Å². The maximum absolute atomic E-state index is 12.3. The summed E-state index contributed by atoms with van der Waals surface area (Å²) < 4.78 is 5.96. The molecule has 1 unspecified atom stereocenters. The van der Waals surface area contributed by atoms with Crippen molar-refractivity contribution in [2.24, 2.45) is 0 Å². The van der Waals surface area contributed by atoms with Gasteiger partial charge in [0.25, 0.3) is 0 Å². The molecule has 0 heterocycles. The van der Waals surface area contributed by atoms with E-state index in [4.69, 9.17) is 4.74 Å². The molecule has 5 heteroatoms. The molecule has 0 saturated carbocycles. The molecule has 22 heavy (non-hydrogen) atoms. The van der Waals surface area contributed by atoms with Gasteiger partial charge >= 0.3 is 0 Å². The van der Waals surface area contributed by atoms with E-state index < -0.39 is 0 Å². The molecule has 1 atom stereocenters. The molecule has 0 aromatic heterocycles. The van der Waals surface area contributed by atoms with E-state index in [0.717, 1.165) is 6.42 Å². The molecule has 0 saturated heterocycles. The lowest BCUT2D eigenvalue weighted by Gasteiger charge is -2.35. The van der Waals surface area contributed by atoms with Crippen LogP contribution in [-0.2, 0) is 9.53 Å². The Labute approximate surface area is 135 Å². The number of aliphatic hydroxyl groups is 1. The minimum Gasteiger partial charge on any atom is -0.474 e. The SMILES string of the molecule is CC/C=C(\OC(C)(C)C)N(C)C(CO)CC(=O)N(C)C(C)C. The number of hydrogen-bond acceptors (Lipinski definition) is 4. The van der Waals surface area contributed by atoms with E-state index in [1.165, 1.54) is 0 Å². The highest BCUT2D eigenvalue weighted by atomic mass is 16.5. The minimum atomic E-state index is -0.325. The number of carbonyl (C=O) groups is 1. The lowest BCUT2D eigenvalue weighted by Crippen LogP contribution is -2.42. The molecule has 130 valence electrons. The Balaban J connectivity index is 5.04.